The highest BCUT2D eigenvalue weighted by Gasteiger charge is 2.44. The Hall–Kier alpha value is -0.370. The van der Waals surface area contributed by atoms with Gasteiger partial charge in [0.05, 0.1) is 6.10 Å². The average molecular weight is 154 g/mol. The SMILES string of the molecule is COC1CC[C@@H]2C(=O)CC[C@H]12. The van der Waals surface area contributed by atoms with E-state index in [1.807, 2.05) is 0 Å². The van der Waals surface area contributed by atoms with Crippen LogP contribution in [0.1, 0.15) is 25.7 Å². The van der Waals surface area contributed by atoms with Gasteiger partial charge in [0, 0.05) is 19.4 Å². The van der Waals surface area contributed by atoms with Crippen LogP contribution in [-0.2, 0) is 9.53 Å². The lowest BCUT2D eigenvalue weighted by atomic mass is 9.99. The Labute approximate surface area is 66.9 Å². The summed E-state index contributed by atoms with van der Waals surface area (Å²) in [6.07, 6.45) is 4.42. The quantitative estimate of drug-likeness (QED) is 0.570. The van der Waals surface area contributed by atoms with E-state index in [1.54, 1.807) is 7.11 Å². The standard InChI is InChI=1S/C9H14O2/c1-11-9-5-3-6-7(9)2-4-8(6)10/h6-7,9H,2-5H2,1H3/t6-,7-,9?/m0/s1. The Kier molecular flexibility index (Phi) is 1.72. The second-order valence-electron chi connectivity index (χ2n) is 3.63. The number of carbonyl (C=O) groups is 1. The summed E-state index contributed by atoms with van der Waals surface area (Å²) in [5, 5.41) is 0. The number of rotatable bonds is 1. The monoisotopic (exact) mass is 154 g/mol. The molecular formula is C9H14O2. The predicted molar refractivity (Wildman–Crippen MR) is 41.3 cm³/mol. The van der Waals surface area contributed by atoms with E-state index in [-0.39, 0.29) is 0 Å². The highest BCUT2D eigenvalue weighted by molar-refractivity contribution is 5.83. The van der Waals surface area contributed by atoms with E-state index in [0.717, 1.165) is 25.7 Å². The van der Waals surface area contributed by atoms with Crippen LogP contribution in [0.4, 0.5) is 0 Å². The summed E-state index contributed by atoms with van der Waals surface area (Å²) in [4.78, 5) is 11.3. The van der Waals surface area contributed by atoms with Crippen LogP contribution >= 0.6 is 0 Å². The molecule has 2 fully saturated rings. The second kappa shape index (κ2) is 2.59. The highest BCUT2D eigenvalue weighted by Crippen LogP contribution is 2.42. The van der Waals surface area contributed by atoms with Crippen molar-refractivity contribution in [3.63, 3.8) is 0 Å². The molecule has 2 nitrogen and oxygen atoms in total. The molecule has 0 saturated heterocycles. The van der Waals surface area contributed by atoms with Crippen molar-refractivity contribution in [1.82, 2.24) is 0 Å². The normalized spacial score (nSPS) is 43.0. The first-order valence-corrected chi connectivity index (χ1v) is 4.38. The van der Waals surface area contributed by atoms with E-state index < -0.39 is 0 Å². The molecule has 2 aliphatic carbocycles. The van der Waals surface area contributed by atoms with Crippen molar-refractivity contribution in [1.29, 1.82) is 0 Å². The number of carbonyl (C=O) groups excluding carboxylic acids is 1. The molecule has 0 heterocycles. The van der Waals surface area contributed by atoms with Crippen molar-refractivity contribution in [2.24, 2.45) is 11.8 Å². The molecule has 1 unspecified atom stereocenters. The fraction of sp³-hybridized carbons (Fsp3) is 0.889. The topological polar surface area (TPSA) is 26.3 Å². The molecule has 2 saturated carbocycles. The van der Waals surface area contributed by atoms with Crippen LogP contribution in [0.5, 0.6) is 0 Å². The molecule has 0 aromatic rings. The maximum Gasteiger partial charge on any atom is 0.136 e. The minimum Gasteiger partial charge on any atom is -0.381 e. The Morgan fingerprint density at radius 1 is 1.36 bits per heavy atom. The van der Waals surface area contributed by atoms with Crippen molar-refractivity contribution in [3.8, 4) is 0 Å². The number of methoxy groups -OCH3 is 1. The highest BCUT2D eigenvalue weighted by atomic mass is 16.5. The molecule has 0 N–H and O–H groups in total. The van der Waals surface area contributed by atoms with Gasteiger partial charge in [-0.1, -0.05) is 0 Å². The summed E-state index contributed by atoms with van der Waals surface area (Å²) in [5.41, 5.74) is 0. The van der Waals surface area contributed by atoms with Crippen LogP contribution in [0, 0.1) is 11.8 Å². The van der Waals surface area contributed by atoms with Gasteiger partial charge in [0.1, 0.15) is 5.78 Å². The predicted octanol–water partition coefficient (Wildman–Crippen LogP) is 1.39. The summed E-state index contributed by atoms with van der Waals surface area (Å²) >= 11 is 0. The minimum absolute atomic E-state index is 0.361. The van der Waals surface area contributed by atoms with E-state index in [1.165, 1.54) is 0 Å². The van der Waals surface area contributed by atoms with Crippen LogP contribution in [0.3, 0.4) is 0 Å². The third-order valence-corrected chi connectivity index (χ3v) is 3.20. The van der Waals surface area contributed by atoms with Gasteiger partial charge in [-0.3, -0.25) is 4.79 Å². The minimum atomic E-state index is 0.361. The van der Waals surface area contributed by atoms with Gasteiger partial charge in [0.25, 0.3) is 0 Å². The van der Waals surface area contributed by atoms with Crippen LogP contribution in [0.2, 0.25) is 0 Å². The maximum absolute atomic E-state index is 11.3. The van der Waals surface area contributed by atoms with Crippen molar-refractivity contribution in [2.45, 2.75) is 31.8 Å². The van der Waals surface area contributed by atoms with Crippen molar-refractivity contribution >= 4 is 5.78 Å². The molecular weight excluding hydrogens is 140 g/mol. The lowest BCUT2D eigenvalue weighted by molar-refractivity contribution is -0.121. The molecule has 11 heavy (non-hydrogen) atoms. The summed E-state index contributed by atoms with van der Waals surface area (Å²) in [6, 6.07) is 0. The fourth-order valence-corrected chi connectivity index (χ4v) is 2.60. The zero-order valence-corrected chi connectivity index (χ0v) is 6.88. The first-order valence-electron chi connectivity index (χ1n) is 4.38. The molecule has 62 valence electrons. The molecule has 0 radical (unpaired) electrons. The van der Waals surface area contributed by atoms with E-state index in [2.05, 4.69) is 0 Å². The molecule has 2 aliphatic rings. The lowest BCUT2D eigenvalue weighted by Gasteiger charge is -2.14. The summed E-state index contributed by atoms with van der Waals surface area (Å²) in [7, 11) is 1.76. The number of ether oxygens (including phenoxy) is 1. The van der Waals surface area contributed by atoms with Crippen molar-refractivity contribution in [2.75, 3.05) is 7.11 Å². The first-order chi connectivity index (χ1) is 5.33. The summed E-state index contributed by atoms with van der Waals surface area (Å²) in [5.74, 6) is 1.40. The van der Waals surface area contributed by atoms with Gasteiger partial charge in [0.15, 0.2) is 0 Å². The number of fused-ring (bicyclic) bond motifs is 1. The van der Waals surface area contributed by atoms with E-state index in [4.69, 9.17) is 4.74 Å². The van der Waals surface area contributed by atoms with Gasteiger partial charge in [0.2, 0.25) is 0 Å². The lowest BCUT2D eigenvalue weighted by Crippen LogP contribution is -2.18. The van der Waals surface area contributed by atoms with Gasteiger partial charge in [-0.15, -0.1) is 0 Å². The van der Waals surface area contributed by atoms with Crippen molar-refractivity contribution in [3.05, 3.63) is 0 Å². The Morgan fingerprint density at radius 3 is 2.91 bits per heavy atom. The molecule has 0 aliphatic heterocycles. The number of hydrogen-bond acceptors (Lipinski definition) is 2. The Morgan fingerprint density at radius 2 is 2.18 bits per heavy atom. The van der Waals surface area contributed by atoms with Gasteiger partial charge in [-0.25, -0.2) is 0 Å². The second-order valence-corrected chi connectivity index (χ2v) is 3.63. The van der Waals surface area contributed by atoms with E-state index in [9.17, 15) is 4.79 Å². The third kappa shape index (κ3) is 1.00. The maximum atomic E-state index is 11.3. The molecule has 0 aromatic heterocycles. The zero-order valence-electron chi connectivity index (χ0n) is 6.88. The van der Waals surface area contributed by atoms with Gasteiger partial charge in [-0.2, -0.15) is 0 Å². The Balaban J connectivity index is 2.10. The largest absolute Gasteiger partial charge is 0.381 e. The molecule has 2 rings (SSSR count). The summed E-state index contributed by atoms with van der Waals surface area (Å²) < 4.78 is 5.32. The molecule has 0 bridgehead atoms. The van der Waals surface area contributed by atoms with Crippen LogP contribution in [0.15, 0.2) is 0 Å². The number of Topliss-reactive ketones (excluding diaryl/α,β-unsaturated/α-hetero) is 1. The fourth-order valence-electron chi connectivity index (χ4n) is 2.60. The van der Waals surface area contributed by atoms with Crippen LogP contribution in [0.25, 0.3) is 0 Å². The van der Waals surface area contributed by atoms with Gasteiger partial charge in [-0.05, 0) is 25.2 Å². The van der Waals surface area contributed by atoms with Crippen molar-refractivity contribution < 1.29 is 9.53 Å². The van der Waals surface area contributed by atoms with Gasteiger partial charge < -0.3 is 4.74 Å². The van der Waals surface area contributed by atoms with E-state index in [0.29, 0.717) is 23.7 Å². The molecule has 0 aromatic carbocycles. The molecule has 3 atom stereocenters. The molecule has 0 spiro atoms. The molecule has 0 amide bonds. The average Bonchev–Trinajstić information content (AvgIpc) is 2.53. The first kappa shape index (κ1) is 7.29. The molecule has 2 heteroatoms. The van der Waals surface area contributed by atoms with Crippen LogP contribution < -0.4 is 0 Å². The number of ketones is 1. The Bertz CT molecular complexity index is 176. The zero-order chi connectivity index (χ0) is 7.84. The van der Waals surface area contributed by atoms with E-state index >= 15 is 0 Å². The summed E-state index contributed by atoms with van der Waals surface area (Å²) in [6.45, 7) is 0. The third-order valence-electron chi connectivity index (χ3n) is 3.20. The number of hydrogen-bond donors (Lipinski definition) is 0. The smallest absolute Gasteiger partial charge is 0.136 e. The van der Waals surface area contributed by atoms with Gasteiger partial charge >= 0.3 is 0 Å². The van der Waals surface area contributed by atoms with Crippen LogP contribution in [-0.4, -0.2) is 19.0 Å².